The summed E-state index contributed by atoms with van der Waals surface area (Å²) in [5, 5.41) is 6.90. The van der Waals surface area contributed by atoms with Gasteiger partial charge in [-0.2, -0.15) is 5.10 Å². The molecule has 112 valence electrons. The van der Waals surface area contributed by atoms with E-state index in [1.807, 2.05) is 6.92 Å². The summed E-state index contributed by atoms with van der Waals surface area (Å²) in [6.07, 6.45) is 1.61. The van der Waals surface area contributed by atoms with Crippen LogP contribution < -0.4 is 20.6 Å². The zero-order valence-electron chi connectivity index (χ0n) is 11.6. The van der Waals surface area contributed by atoms with Crippen LogP contribution in [0.25, 0.3) is 0 Å². The molecule has 0 aliphatic heterocycles. The Balaban J connectivity index is 2.14. The smallest absolute Gasteiger partial charge is 0.205 e. The largest absolute Gasteiger partial charge is 0.493 e. The first-order valence-electron chi connectivity index (χ1n) is 6.14. The predicted molar refractivity (Wildman–Crippen MR) is 86.9 cm³/mol. The number of rotatable bonds is 6. The van der Waals surface area contributed by atoms with Crippen LogP contribution >= 0.6 is 22.9 Å². The Labute approximate surface area is 131 Å². The number of thiazole rings is 1. The SMILES string of the molecule is CCOc1c(Cl)cc(C=NNc2nc(N)cs2)cc1OC. The van der Waals surface area contributed by atoms with Gasteiger partial charge in [-0.15, -0.1) is 11.3 Å². The van der Waals surface area contributed by atoms with E-state index >= 15 is 0 Å². The van der Waals surface area contributed by atoms with E-state index in [0.717, 1.165) is 5.56 Å². The fraction of sp³-hybridized carbons (Fsp3) is 0.231. The van der Waals surface area contributed by atoms with Crippen LogP contribution in [-0.4, -0.2) is 24.9 Å². The Morgan fingerprint density at radius 1 is 1.52 bits per heavy atom. The minimum atomic E-state index is 0.462. The van der Waals surface area contributed by atoms with Crippen LogP contribution in [0.4, 0.5) is 10.9 Å². The number of halogens is 1. The fourth-order valence-electron chi connectivity index (χ4n) is 1.60. The molecule has 0 spiro atoms. The zero-order valence-corrected chi connectivity index (χ0v) is 13.2. The van der Waals surface area contributed by atoms with Gasteiger partial charge in [-0.1, -0.05) is 11.6 Å². The first kappa shape index (κ1) is 15.4. The van der Waals surface area contributed by atoms with Crippen LogP contribution in [0, 0.1) is 0 Å². The normalized spacial score (nSPS) is 10.8. The molecule has 3 N–H and O–H groups in total. The number of methoxy groups -OCH3 is 1. The van der Waals surface area contributed by atoms with Gasteiger partial charge in [0.15, 0.2) is 11.5 Å². The molecule has 0 bridgehead atoms. The maximum Gasteiger partial charge on any atom is 0.205 e. The van der Waals surface area contributed by atoms with E-state index in [1.54, 1.807) is 30.8 Å². The predicted octanol–water partition coefficient (Wildman–Crippen LogP) is 3.23. The Morgan fingerprint density at radius 2 is 2.33 bits per heavy atom. The second-order valence-corrected chi connectivity index (χ2v) is 5.18. The van der Waals surface area contributed by atoms with Crippen molar-refractivity contribution in [2.75, 3.05) is 24.9 Å². The molecule has 0 unspecified atom stereocenters. The van der Waals surface area contributed by atoms with Crippen molar-refractivity contribution in [2.45, 2.75) is 6.92 Å². The molecule has 1 heterocycles. The molecule has 0 saturated heterocycles. The van der Waals surface area contributed by atoms with Gasteiger partial charge in [-0.25, -0.2) is 4.98 Å². The highest BCUT2D eigenvalue weighted by Gasteiger charge is 2.10. The maximum absolute atomic E-state index is 6.18. The molecule has 0 saturated carbocycles. The number of nitrogen functional groups attached to an aromatic ring is 1. The summed E-state index contributed by atoms with van der Waals surface area (Å²) in [5.41, 5.74) is 9.09. The third-order valence-corrected chi connectivity index (χ3v) is 3.48. The van der Waals surface area contributed by atoms with E-state index in [1.165, 1.54) is 11.3 Å². The second kappa shape index (κ2) is 7.14. The monoisotopic (exact) mass is 326 g/mol. The summed E-state index contributed by atoms with van der Waals surface area (Å²) < 4.78 is 10.7. The lowest BCUT2D eigenvalue weighted by Crippen LogP contribution is -1.98. The van der Waals surface area contributed by atoms with E-state index in [0.29, 0.717) is 34.1 Å². The first-order valence-corrected chi connectivity index (χ1v) is 7.40. The molecular weight excluding hydrogens is 312 g/mol. The highest BCUT2D eigenvalue weighted by atomic mass is 35.5. The molecule has 8 heteroatoms. The average Bonchev–Trinajstić information content (AvgIpc) is 2.87. The highest BCUT2D eigenvalue weighted by molar-refractivity contribution is 7.14. The van der Waals surface area contributed by atoms with E-state index in [4.69, 9.17) is 26.8 Å². The average molecular weight is 327 g/mol. The van der Waals surface area contributed by atoms with Gasteiger partial charge in [0.25, 0.3) is 0 Å². The topological polar surface area (TPSA) is 81.8 Å². The highest BCUT2D eigenvalue weighted by Crippen LogP contribution is 2.36. The van der Waals surface area contributed by atoms with Crippen molar-refractivity contribution < 1.29 is 9.47 Å². The number of anilines is 2. The summed E-state index contributed by atoms with van der Waals surface area (Å²) in [6.45, 7) is 2.39. The van der Waals surface area contributed by atoms with Crippen molar-refractivity contribution in [3.05, 3.63) is 28.1 Å². The molecule has 0 radical (unpaired) electrons. The number of nitrogens with zero attached hydrogens (tertiary/aromatic N) is 2. The van der Waals surface area contributed by atoms with Crippen molar-refractivity contribution in [3.63, 3.8) is 0 Å². The van der Waals surface area contributed by atoms with Gasteiger partial charge in [-0.3, -0.25) is 5.43 Å². The third kappa shape index (κ3) is 3.99. The van der Waals surface area contributed by atoms with Crippen molar-refractivity contribution in [1.82, 2.24) is 4.98 Å². The van der Waals surface area contributed by atoms with Crippen LogP contribution in [0.5, 0.6) is 11.5 Å². The summed E-state index contributed by atoms with van der Waals surface area (Å²) in [5.74, 6) is 1.55. The van der Waals surface area contributed by atoms with Crippen LogP contribution in [0.15, 0.2) is 22.6 Å². The van der Waals surface area contributed by atoms with Crippen molar-refractivity contribution in [3.8, 4) is 11.5 Å². The molecule has 2 rings (SSSR count). The molecule has 21 heavy (non-hydrogen) atoms. The second-order valence-electron chi connectivity index (χ2n) is 3.91. The molecule has 0 fully saturated rings. The van der Waals surface area contributed by atoms with Gasteiger partial charge < -0.3 is 15.2 Å². The number of aromatic nitrogens is 1. The van der Waals surface area contributed by atoms with Crippen molar-refractivity contribution in [1.29, 1.82) is 0 Å². The van der Waals surface area contributed by atoms with Gasteiger partial charge >= 0.3 is 0 Å². The molecule has 0 aliphatic rings. The number of benzene rings is 1. The molecule has 0 atom stereocenters. The minimum absolute atomic E-state index is 0.462. The standard InChI is InChI=1S/C13H15ClN4O2S/c1-3-20-12-9(14)4-8(5-10(12)19-2)6-16-18-13-17-11(15)7-21-13/h4-7H,3,15H2,1-2H3,(H,17,18). The number of ether oxygens (including phenoxy) is 2. The molecule has 2 aromatic rings. The molecule has 1 aromatic heterocycles. The maximum atomic E-state index is 6.18. The van der Waals surface area contributed by atoms with Crippen LogP contribution in [0.2, 0.25) is 5.02 Å². The van der Waals surface area contributed by atoms with Gasteiger partial charge in [0.1, 0.15) is 5.82 Å². The zero-order chi connectivity index (χ0) is 15.2. The molecule has 0 aliphatic carbocycles. The molecular formula is C13H15ClN4O2S. The first-order chi connectivity index (χ1) is 10.1. The summed E-state index contributed by atoms with van der Waals surface area (Å²) in [4.78, 5) is 4.03. The summed E-state index contributed by atoms with van der Waals surface area (Å²) in [6, 6.07) is 3.54. The number of hydrazone groups is 1. The molecule has 6 nitrogen and oxygen atoms in total. The van der Waals surface area contributed by atoms with E-state index < -0.39 is 0 Å². The summed E-state index contributed by atoms with van der Waals surface area (Å²) in [7, 11) is 1.56. The lowest BCUT2D eigenvalue weighted by atomic mass is 10.2. The Kier molecular flexibility index (Phi) is 5.24. The van der Waals surface area contributed by atoms with E-state index in [-0.39, 0.29) is 0 Å². The van der Waals surface area contributed by atoms with Gasteiger partial charge in [0.05, 0.1) is 25.0 Å². The number of hydrogen-bond donors (Lipinski definition) is 2. The van der Waals surface area contributed by atoms with Gasteiger partial charge in [0.2, 0.25) is 5.13 Å². The van der Waals surface area contributed by atoms with Crippen LogP contribution in [-0.2, 0) is 0 Å². The molecule has 1 aromatic carbocycles. The van der Waals surface area contributed by atoms with Crippen molar-refractivity contribution >= 4 is 40.1 Å². The third-order valence-electron chi connectivity index (χ3n) is 2.44. The Morgan fingerprint density at radius 3 is 2.95 bits per heavy atom. The molecule has 0 amide bonds. The van der Waals surface area contributed by atoms with Crippen LogP contribution in [0.3, 0.4) is 0 Å². The lowest BCUT2D eigenvalue weighted by Gasteiger charge is -2.11. The Hall–Kier alpha value is -1.99. The van der Waals surface area contributed by atoms with Gasteiger partial charge in [0, 0.05) is 5.38 Å². The fourth-order valence-corrected chi connectivity index (χ4v) is 2.42. The number of nitrogens with two attached hydrogens (primary N) is 1. The van der Waals surface area contributed by atoms with E-state index in [2.05, 4.69) is 15.5 Å². The summed E-state index contributed by atoms with van der Waals surface area (Å²) >= 11 is 7.55. The van der Waals surface area contributed by atoms with E-state index in [9.17, 15) is 0 Å². The quantitative estimate of drug-likeness (QED) is 0.629. The number of nitrogens with one attached hydrogen (secondary N) is 1. The number of hydrogen-bond acceptors (Lipinski definition) is 7. The van der Waals surface area contributed by atoms with Crippen molar-refractivity contribution in [2.24, 2.45) is 5.10 Å². The van der Waals surface area contributed by atoms with Crippen LogP contribution in [0.1, 0.15) is 12.5 Å². The minimum Gasteiger partial charge on any atom is -0.493 e. The van der Waals surface area contributed by atoms with Gasteiger partial charge in [-0.05, 0) is 24.6 Å². The lowest BCUT2D eigenvalue weighted by molar-refractivity contribution is 0.311. The Bertz CT molecular complexity index is 645.